The summed E-state index contributed by atoms with van der Waals surface area (Å²) in [4.78, 5) is 59.0. The second-order valence-electron chi connectivity index (χ2n) is 12.0. The Balaban J connectivity index is 2.79. The highest BCUT2D eigenvalue weighted by Gasteiger charge is 2.57. The second-order valence-corrected chi connectivity index (χ2v) is 13.4. The van der Waals surface area contributed by atoms with Crippen LogP contribution in [0, 0.1) is 17.8 Å². The van der Waals surface area contributed by atoms with Crippen LogP contribution >= 0.6 is 8.03 Å². The number of aliphatic hydroxyl groups is 2. The van der Waals surface area contributed by atoms with Crippen LogP contribution in [-0.4, -0.2) is 94.4 Å². The first kappa shape index (κ1) is 37.8. The third-order valence-electron chi connectivity index (χ3n) is 7.88. The smallest absolute Gasteiger partial charge is 0.391 e. The molecule has 0 radical (unpaired) electrons. The van der Waals surface area contributed by atoms with Crippen LogP contribution in [0.4, 0.5) is 0 Å². The summed E-state index contributed by atoms with van der Waals surface area (Å²) in [7, 11) is -2.88. The number of hydrogen-bond acceptors (Lipinski definition) is 9. The highest BCUT2D eigenvalue weighted by Crippen LogP contribution is 2.53. The van der Waals surface area contributed by atoms with E-state index in [1.807, 2.05) is 0 Å². The summed E-state index contributed by atoms with van der Waals surface area (Å²) < 4.78 is 12.9. The SMILES string of the molecule is CC(C)[C@H](N)C(=O)NCC(=O)NC[C@H](O)CC(C[C@@H](O)CNC(=O)CNC(=O)[C@@H](N)C(C)C)(C1CCCCC1)[P+](=O)O. The van der Waals surface area contributed by atoms with Gasteiger partial charge in [0.1, 0.15) is 0 Å². The molecule has 14 nitrogen and oxygen atoms in total. The molecular formula is C27H52N6O8P+. The third-order valence-corrected chi connectivity index (χ3v) is 9.37. The Kier molecular flexibility index (Phi) is 16.6. The molecule has 1 saturated carbocycles. The van der Waals surface area contributed by atoms with Gasteiger partial charge in [-0.1, -0.05) is 47.0 Å². The van der Waals surface area contributed by atoms with Crippen LogP contribution < -0.4 is 32.7 Å². The van der Waals surface area contributed by atoms with Gasteiger partial charge in [0.2, 0.25) is 28.8 Å². The molecule has 42 heavy (non-hydrogen) atoms. The van der Waals surface area contributed by atoms with Crippen LogP contribution in [0.5, 0.6) is 0 Å². The predicted molar refractivity (Wildman–Crippen MR) is 158 cm³/mol. The van der Waals surface area contributed by atoms with Gasteiger partial charge in [0.05, 0.1) is 37.4 Å². The van der Waals surface area contributed by atoms with Gasteiger partial charge in [-0.05, 0) is 29.2 Å². The normalized spacial score (nSPS) is 17.6. The Bertz CT molecular complexity index is 861. The standard InChI is InChI=1S/C27H51N6O8P/c1-16(2)23(28)25(38)32-14-21(36)30-12-19(34)10-27(42(40)41,18-8-6-5-7-9-18)11-20(35)13-31-22(37)15-33-26(39)24(29)17(3)4/h16-20,23-24,34-35H,5-15,28-29H2,1-4H3,(H4-,30,31,32,33,36,37,38,39,40,41)/p+1/t19-,20-,23+,24+/m1/s1. The number of rotatable bonds is 18. The van der Waals surface area contributed by atoms with E-state index in [1.165, 1.54) is 0 Å². The number of nitrogens with two attached hydrogens (primary N) is 2. The molecule has 15 heteroatoms. The first-order valence-electron chi connectivity index (χ1n) is 14.7. The number of carbonyl (C=O) groups excluding carboxylic acids is 4. The first-order valence-corrected chi connectivity index (χ1v) is 15.9. The van der Waals surface area contributed by atoms with E-state index >= 15 is 0 Å². The van der Waals surface area contributed by atoms with E-state index in [2.05, 4.69) is 21.3 Å². The first-order chi connectivity index (χ1) is 19.6. The van der Waals surface area contributed by atoms with Gasteiger partial charge in [0.15, 0.2) is 0 Å². The summed E-state index contributed by atoms with van der Waals surface area (Å²) in [5.41, 5.74) is 11.5. The van der Waals surface area contributed by atoms with Gasteiger partial charge < -0.3 is 42.9 Å². The number of hydrogen-bond donors (Lipinski definition) is 9. The maximum Gasteiger partial charge on any atom is 0.512 e. The molecule has 0 aliphatic heterocycles. The van der Waals surface area contributed by atoms with E-state index < -0.39 is 61.1 Å². The lowest BCUT2D eigenvalue weighted by atomic mass is 9.74. The molecular weight excluding hydrogens is 567 g/mol. The molecule has 1 rings (SSSR count). The van der Waals surface area contributed by atoms with Gasteiger partial charge >= 0.3 is 8.03 Å². The zero-order valence-electron chi connectivity index (χ0n) is 25.3. The van der Waals surface area contributed by atoms with Crippen LogP contribution in [-0.2, 0) is 23.7 Å². The molecule has 0 aromatic carbocycles. The molecule has 1 aliphatic rings. The van der Waals surface area contributed by atoms with Gasteiger partial charge in [-0.15, -0.1) is 0 Å². The van der Waals surface area contributed by atoms with E-state index in [0.717, 1.165) is 19.3 Å². The van der Waals surface area contributed by atoms with E-state index in [4.69, 9.17) is 11.5 Å². The minimum atomic E-state index is -2.88. The predicted octanol–water partition coefficient (Wildman–Crippen LogP) is -1.03. The van der Waals surface area contributed by atoms with Crippen LogP contribution in [0.1, 0.15) is 72.6 Å². The maximum absolute atomic E-state index is 12.9. The molecule has 0 spiro atoms. The Morgan fingerprint density at radius 2 is 1.14 bits per heavy atom. The summed E-state index contributed by atoms with van der Waals surface area (Å²) in [6, 6.07) is -1.53. The number of amides is 4. The van der Waals surface area contributed by atoms with E-state index in [-0.39, 0.29) is 56.8 Å². The molecule has 0 bridgehead atoms. The lowest BCUT2D eigenvalue weighted by Crippen LogP contribution is -2.49. The quantitative estimate of drug-likeness (QED) is 0.0845. The van der Waals surface area contributed by atoms with Gasteiger partial charge in [-0.3, -0.25) is 19.2 Å². The molecule has 0 heterocycles. The van der Waals surface area contributed by atoms with Crippen molar-refractivity contribution in [2.24, 2.45) is 29.2 Å². The molecule has 1 unspecified atom stereocenters. The lowest BCUT2D eigenvalue weighted by Gasteiger charge is -2.36. The Morgan fingerprint density at radius 1 is 0.762 bits per heavy atom. The average molecular weight is 620 g/mol. The van der Waals surface area contributed by atoms with Gasteiger partial charge in [0, 0.05) is 31.8 Å². The molecule has 242 valence electrons. The second kappa shape index (κ2) is 18.4. The highest BCUT2D eigenvalue weighted by atomic mass is 31.1. The minimum Gasteiger partial charge on any atom is -0.391 e. The Morgan fingerprint density at radius 3 is 1.48 bits per heavy atom. The van der Waals surface area contributed by atoms with E-state index in [1.54, 1.807) is 27.7 Å². The average Bonchev–Trinajstić information content (AvgIpc) is 2.95. The summed E-state index contributed by atoms with van der Waals surface area (Å²) >= 11 is 0. The Hall–Kier alpha value is -2.22. The van der Waals surface area contributed by atoms with Gasteiger partial charge in [0.25, 0.3) is 0 Å². The molecule has 11 N–H and O–H groups in total. The largest absolute Gasteiger partial charge is 0.512 e. The number of nitrogens with one attached hydrogen (secondary N) is 4. The van der Waals surface area contributed by atoms with Crippen molar-refractivity contribution in [1.82, 2.24) is 21.3 Å². The fourth-order valence-corrected chi connectivity index (χ4v) is 6.40. The minimum absolute atomic E-state index is 0.110. The molecule has 0 saturated heterocycles. The number of aliphatic hydroxyl groups excluding tert-OH is 2. The van der Waals surface area contributed by atoms with Crippen molar-refractivity contribution in [3.05, 3.63) is 0 Å². The van der Waals surface area contributed by atoms with Crippen LogP contribution in [0.25, 0.3) is 0 Å². The van der Waals surface area contributed by atoms with Crippen LogP contribution in [0.3, 0.4) is 0 Å². The van der Waals surface area contributed by atoms with E-state index in [0.29, 0.717) is 12.8 Å². The molecule has 4 amide bonds. The van der Waals surface area contributed by atoms with Gasteiger partial charge in [-0.2, -0.15) is 4.89 Å². The van der Waals surface area contributed by atoms with Crippen molar-refractivity contribution < 1.29 is 38.8 Å². The van der Waals surface area contributed by atoms with Crippen molar-refractivity contribution in [2.45, 2.75) is 102 Å². The fourth-order valence-electron chi connectivity index (χ4n) is 5.09. The van der Waals surface area contributed by atoms with Crippen LogP contribution in [0.15, 0.2) is 0 Å². The summed E-state index contributed by atoms with van der Waals surface area (Å²) in [6.45, 7) is 5.98. The van der Waals surface area contributed by atoms with Crippen molar-refractivity contribution in [2.75, 3.05) is 26.2 Å². The summed E-state index contributed by atoms with van der Waals surface area (Å²) in [5.74, 6) is -2.54. The monoisotopic (exact) mass is 619 g/mol. The maximum atomic E-state index is 12.9. The van der Waals surface area contributed by atoms with Gasteiger partial charge in [-0.25, -0.2) is 0 Å². The van der Waals surface area contributed by atoms with Crippen molar-refractivity contribution in [1.29, 1.82) is 0 Å². The zero-order chi connectivity index (χ0) is 32.0. The van der Waals surface area contributed by atoms with E-state index in [9.17, 15) is 38.8 Å². The summed E-state index contributed by atoms with van der Waals surface area (Å²) in [6.07, 6.45) is 1.19. The van der Waals surface area contributed by atoms with Crippen molar-refractivity contribution >= 4 is 31.7 Å². The summed E-state index contributed by atoms with van der Waals surface area (Å²) in [5, 5.41) is 30.2. The van der Waals surface area contributed by atoms with Crippen molar-refractivity contribution in [3.8, 4) is 0 Å². The Labute approximate surface area is 249 Å². The molecule has 1 fully saturated rings. The fraction of sp³-hybridized carbons (Fsp3) is 0.852. The molecule has 5 atom stereocenters. The van der Waals surface area contributed by atoms with Crippen LogP contribution in [0.2, 0.25) is 0 Å². The number of carbonyl (C=O) groups is 4. The molecule has 0 aromatic rings. The third kappa shape index (κ3) is 12.6. The zero-order valence-corrected chi connectivity index (χ0v) is 26.2. The molecule has 1 aliphatic carbocycles. The molecule has 0 aromatic heterocycles. The lowest BCUT2D eigenvalue weighted by molar-refractivity contribution is -0.127. The topological polar surface area (TPSA) is 246 Å². The highest BCUT2D eigenvalue weighted by molar-refractivity contribution is 7.40. The van der Waals surface area contributed by atoms with Crippen molar-refractivity contribution in [3.63, 3.8) is 0 Å².